The molecule has 0 aliphatic carbocycles. The van der Waals surface area contributed by atoms with Crippen molar-refractivity contribution in [2.75, 3.05) is 7.11 Å². The van der Waals surface area contributed by atoms with E-state index in [-0.39, 0.29) is 0 Å². The molecular weight excluding hydrogens is 188 g/mol. The first-order valence-electron chi connectivity index (χ1n) is 5.01. The third-order valence-corrected chi connectivity index (χ3v) is 2.07. The zero-order valence-electron chi connectivity index (χ0n) is 9.78. The van der Waals surface area contributed by atoms with E-state index in [9.17, 15) is 0 Å². The first kappa shape index (κ1) is 11.8. The molecule has 0 saturated carbocycles. The Kier molecular flexibility index (Phi) is 3.92. The smallest absolute Gasteiger partial charge is 0.204 e. The van der Waals surface area contributed by atoms with Crippen LogP contribution < -0.4 is 0 Å². The minimum Gasteiger partial charge on any atom is -0.468 e. The molecule has 0 aliphatic rings. The van der Waals surface area contributed by atoms with Gasteiger partial charge in [-0.1, -0.05) is 30.3 Å². The van der Waals surface area contributed by atoms with Crippen molar-refractivity contribution in [2.45, 2.75) is 26.6 Å². The minimum absolute atomic E-state index is 0.574. The summed E-state index contributed by atoms with van der Waals surface area (Å²) in [6, 6.07) is 10.1. The maximum absolute atomic E-state index is 5.63. The fourth-order valence-corrected chi connectivity index (χ4v) is 1.24. The largest absolute Gasteiger partial charge is 0.468 e. The minimum atomic E-state index is -0.574. The number of rotatable bonds is 4. The molecule has 0 fully saturated rings. The summed E-state index contributed by atoms with van der Waals surface area (Å²) in [5, 5.41) is 0. The van der Waals surface area contributed by atoms with Gasteiger partial charge in [-0.2, -0.15) is 0 Å². The SMILES string of the molecule is COC(C)(C)OC(C)=Cc1ccccc1. The highest BCUT2D eigenvalue weighted by Crippen LogP contribution is 2.16. The summed E-state index contributed by atoms with van der Waals surface area (Å²) in [7, 11) is 1.63. The Morgan fingerprint density at radius 2 is 1.80 bits per heavy atom. The van der Waals surface area contributed by atoms with E-state index in [1.807, 2.05) is 57.2 Å². The molecule has 0 N–H and O–H groups in total. The van der Waals surface area contributed by atoms with Crippen LogP contribution in [0.3, 0.4) is 0 Å². The monoisotopic (exact) mass is 206 g/mol. The molecule has 2 heteroatoms. The summed E-state index contributed by atoms with van der Waals surface area (Å²) in [4.78, 5) is 0. The molecule has 1 aromatic rings. The van der Waals surface area contributed by atoms with Crippen LogP contribution in [-0.4, -0.2) is 12.9 Å². The van der Waals surface area contributed by atoms with Crippen LogP contribution in [0, 0.1) is 0 Å². The molecule has 0 spiro atoms. The Labute approximate surface area is 91.5 Å². The molecule has 82 valence electrons. The quantitative estimate of drug-likeness (QED) is 0.555. The van der Waals surface area contributed by atoms with E-state index in [1.165, 1.54) is 0 Å². The van der Waals surface area contributed by atoms with Gasteiger partial charge in [-0.25, -0.2) is 0 Å². The highest BCUT2D eigenvalue weighted by Gasteiger charge is 2.17. The molecule has 0 bridgehead atoms. The molecule has 15 heavy (non-hydrogen) atoms. The third-order valence-electron chi connectivity index (χ3n) is 2.07. The average molecular weight is 206 g/mol. The lowest BCUT2D eigenvalue weighted by Crippen LogP contribution is -2.25. The summed E-state index contributed by atoms with van der Waals surface area (Å²) >= 11 is 0. The second-order valence-electron chi connectivity index (χ2n) is 3.87. The summed E-state index contributed by atoms with van der Waals surface area (Å²) in [5.41, 5.74) is 1.13. The molecule has 0 saturated heterocycles. The number of hydrogen-bond acceptors (Lipinski definition) is 2. The van der Waals surface area contributed by atoms with Crippen LogP contribution >= 0.6 is 0 Å². The molecule has 0 aromatic heterocycles. The Bertz CT molecular complexity index is 326. The molecule has 0 radical (unpaired) electrons. The topological polar surface area (TPSA) is 18.5 Å². The van der Waals surface area contributed by atoms with Gasteiger partial charge in [0.05, 0.1) is 5.76 Å². The van der Waals surface area contributed by atoms with Crippen molar-refractivity contribution >= 4 is 6.08 Å². The van der Waals surface area contributed by atoms with Gasteiger partial charge in [0.2, 0.25) is 5.79 Å². The van der Waals surface area contributed by atoms with Gasteiger partial charge in [-0.3, -0.25) is 0 Å². The van der Waals surface area contributed by atoms with Crippen molar-refractivity contribution in [2.24, 2.45) is 0 Å². The van der Waals surface area contributed by atoms with Crippen molar-refractivity contribution in [3.8, 4) is 0 Å². The van der Waals surface area contributed by atoms with Crippen LogP contribution in [0.5, 0.6) is 0 Å². The Hall–Kier alpha value is -1.28. The van der Waals surface area contributed by atoms with E-state index >= 15 is 0 Å². The lowest BCUT2D eigenvalue weighted by atomic mass is 10.2. The second-order valence-corrected chi connectivity index (χ2v) is 3.87. The number of methoxy groups -OCH3 is 1. The summed E-state index contributed by atoms with van der Waals surface area (Å²) in [6.45, 7) is 5.69. The summed E-state index contributed by atoms with van der Waals surface area (Å²) < 4.78 is 10.8. The highest BCUT2D eigenvalue weighted by molar-refractivity contribution is 5.50. The van der Waals surface area contributed by atoms with Gasteiger partial charge in [0.15, 0.2) is 0 Å². The number of hydrogen-bond donors (Lipinski definition) is 0. The van der Waals surface area contributed by atoms with E-state index in [0.29, 0.717) is 0 Å². The normalized spacial score (nSPS) is 12.7. The number of benzene rings is 1. The number of allylic oxidation sites excluding steroid dienone is 1. The summed E-state index contributed by atoms with van der Waals surface area (Å²) in [5.74, 6) is 0.267. The van der Waals surface area contributed by atoms with Crippen molar-refractivity contribution in [3.05, 3.63) is 41.7 Å². The van der Waals surface area contributed by atoms with Gasteiger partial charge in [-0.15, -0.1) is 0 Å². The first-order valence-corrected chi connectivity index (χ1v) is 5.01. The van der Waals surface area contributed by atoms with Crippen molar-refractivity contribution in [1.29, 1.82) is 0 Å². The van der Waals surface area contributed by atoms with E-state index in [2.05, 4.69) is 0 Å². The number of ether oxygens (including phenoxy) is 2. The van der Waals surface area contributed by atoms with Gasteiger partial charge in [0.1, 0.15) is 0 Å². The van der Waals surface area contributed by atoms with Crippen LogP contribution in [-0.2, 0) is 9.47 Å². The fraction of sp³-hybridized carbons (Fsp3) is 0.385. The Morgan fingerprint density at radius 1 is 1.20 bits per heavy atom. The van der Waals surface area contributed by atoms with Crippen LogP contribution in [0.4, 0.5) is 0 Å². The van der Waals surface area contributed by atoms with Gasteiger partial charge < -0.3 is 9.47 Å². The molecule has 1 aromatic carbocycles. The Balaban J connectivity index is 2.69. The first-order chi connectivity index (χ1) is 7.03. The third kappa shape index (κ3) is 4.17. The zero-order valence-corrected chi connectivity index (χ0v) is 9.78. The maximum Gasteiger partial charge on any atom is 0.204 e. The predicted molar refractivity (Wildman–Crippen MR) is 62.3 cm³/mol. The maximum atomic E-state index is 5.63. The zero-order chi connectivity index (χ0) is 11.3. The van der Waals surface area contributed by atoms with Crippen LogP contribution in [0.2, 0.25) is 0 Å². The molecule has 2 nitrogen and oxygen atoms in total. The predicted octanol–water partition coefficient (Wildman–Crippen LogP) is 3.45. The molecular formula is C13H18O2. The lowest BCUT2D eigenvalue weighted by molar-refractivity contribution is -0.170. The van der Waals surface area contributed by atoms with E-state index in [4.69, 9.17) is 9.47 Å². The van der Waals surface area contributed by atoms with Gasteiger partial charge >= 0.3 is 0 Å². The van der Waals surface area contributed by atoms with Gasteiger partial charge in [0, 0.05) is 21.0 Å². The van der Waals surface area contributed by atoms with Gasteiger partial charge in [0.25, 0.3) is 0 Å². The lowest BCUT2D eigenvalue weighted by Gasteiger charge is -2.24. The Morgan fingerprint density at radius 3 is 2.33 bits per heavy atom. The molecule has 0 heterocycles. The average Bonchev–Trinajstić information content (AvgIpc) is 2.18. The van der Waals surface area contributed by atoms with Crippen LogP contribution in [0.15, 0.2) is 36.1 Å². The van der Waals surface area contributed by atoms with E-state index < -0.39 is 5.79 Å². The van der Waals surface area contributed by atoms with Crippen LogP contribution in [0.1, 0.15) is 26.3 Å². The van der Waals surface area contributed by atoms with Crippen molar-refractivity contribution in [1.82, 2.24) is 0 Å². The van der Waals surface area contributed by atoms with Crippen molar-refractivity contribution < 1.29 is 9.47 Å². The molecule has 0 amide bonds. The molecule has 1 rings (SSSR count). The fourth-order valence-electron chi connectivity index (χ4n) is 1.24. The van der Waals surface area contributed by atoms with Gasteiger partial charge in [-0.05, 0) is 18.6 Å². The summed E-state index contributed by atoms with van der Waals surface area (Å²) in [6.07, 6.45) is 1.99. The second kappa shape index (κ2) is 4.99. The van der Waals surface area contributed by atoms with E-state index in [1.54, 1.807) is 7.11 Å². The van der Waals surface area contributed by atoms with E-state index in [0.717, 1.165) is 11.3 Å². The molecule has 0 unspecified atom stereocenters. The highest BCUT2D eigenvalue weighted by atomic mass is 16.7. The molecule has 0 aliphatic heterocycles. The molecule has 0 atom stereocenters. The van der Waals surface area contributed by atoms with Crippen LogP contribution in [0.25, 0.3) is 6.08 Å². The standard InChI is InChI=1S/C13H18O2/c1-11(15-13(2,3)14-4)10-12-8-6-5-7-9-12/h5-10H,1-4H3. The van der Waals surface area contributed by atoms with Crippen molar-refractivity contribution in [3.63, 3.8) is 0 Å².